The molecule has 0 saturated carbocycles. The number of benzene rings is 2. The van der Waals surface area contributed by atoms with Gasteiger partial charge in [0.25, 0.3) is 0 Å². The molecule has 0 fully saturated rings. The molecule has 2 nitrogen and oxygen atoms in total. The van der Waals surface area contributed by atoms with Gasteiger partial charge in [-0.2, -0.15) is 0 Å². The summed E-state index contributed by atoms with van der Waals surface area (Å²) in [6.45, 7) is 4.15. The van der Waals surface area contributed by atoms with Gasteiger partial charge in [-0.3, -0.25) is 0 Å². The summed E-state index contributed by atoms with van der Waals surface area (Å²) >= 11 is 8.41. The molecule has 0 unspecified atom stereocenters. The first-order valence-corrected chi connectivity index (χ1v) is 7.65. The zero-order valence-corrected chi connectivity index (χ0v) is 14.1. The van der Waals surface area contributed by atoms with Gasteiger partial charge in [-0.25, -0.2) is 4.39 Å². The van der Waals surface area contributed by atoms with Crippen LogP contribution in [0.15, 0.2) is 40.9 Å². The minimum absolute atomic E-state index is 0.104. The molecule has 0 amide bonds. The Bertz CT molecular complexity index is 688. The smallest absolute Gasteiger partial charge is 0.137 e. The van der Waals surface area contributed by atoms with Crippen molar-refractivity contribution in [3.8, 4) is 11.5 Å². The quantitative estimate of drug-likeness (QED) is 0.759. The van der Waals surface area contributed by atoms with Crippen LogP contribution in [0.4, 0.5) is 4.39 Å². The van der Waals surface area contributed by atoms with E-state index in [2.05, 4.69) is 29.8 Å². The molecular weight excluding hydrogens is 353 g/mol. The van der Waals surface area contributed by atoms with Crippen LogP contribution < -0.4 is 10.5 Å². The first-order chi connectivity index (χ1) is 9.88. The number of halogens is 2. The maximum atomic E-state index is 13.3. The Labute approximate surface area is 137 Å². The molecule has 2 aromatic rings. The summed E-state index contributed by atoms with van der Waals surface area (Å²) in [7, 11) is 0. The van der Waals surface area contributed by atoms with Gasteiger partial charge in [0.05, 0.1) is 5.56 Å². The second-order valence-corrected chi connectivity index (χ2v) is 6.30. The molecule has 0 aliphatic carbocycles. The fourth-order valence-corrected chi connectivity index (χ4v) is 2.50. The molecular formula is C16H15BrFNOS. The maximum Gasteiger partial charge on any atom is 0.137 e. The zero-order valence-electron chi connectivity index (χ0n) is 11.7. The monoisotopic (exact) mass is 367 g/mol. The third-order valence-corrected chi connectivity index (χ3v) is 3.73. The van der Waals surface area contributed by atoms with Crippen LogP contribution in [0, 0.1) is 5.82 Å². The molecule has 0 bridgehead atoms. The molecule has 0 atom stereocenters. The molecule has 110 valence electrons. The summed E-state index contributed by atoms with van der Waals surface area (Å²) in [5, 5.41) is 0. The van der Waals surface area contributed by atoms with E-state index in [0.717, 1.165) is 10.0 Å². The minimum atomic E-state index is -0.398. The molecule has 0 spiro atoms. The molecule has 0 heterocycles. The average Bonchev–Trinajstić information content (AvgIpc) is 2.42. The number of ether oxygens (including phenoxy) is 1. The number of rotatable bonds is 4. The van der Waals surface area contributed by atoms with Gasteiger partial charge in [-0.05, 0) is 47.9 Å². The Balaban J connectivity index is 2.46. The van der Waals surface area contributed by atoms with Crippen molar-refractivity contribution in [1.82, 2.24) is 0 Å². The Morgan fingerprint density at radius 3 is 2.48 bits per heavy atom. The maximum absolute atomic E-state index is 13.3. The largest absolute Gasteiger partial charge is 0.456 e. The highest BCUT2D eigenvalue weighted by Gasteiger charge is 2.13. The van der Waals surface area contributed by atoms with Crippen LogP contribution >= 0.6 is 28.1 Å². The van der Waals surface area contributed by atoms with Crippen LogP contribution in [-0.4, -0.2) is 4.99 Å². The molecule has 0 radical (unpaired) electrons. The van der Waals surface area contributed by atoms with Crippen LogP contribution in [0.2, 0.25) is 0 Å². The third-order valence-electron chi connectivity index (χ3n) is 3.02. The van der Waals surface area contributed by atoms with E-state index < -0.39 is 5.82 Å². The summed E-state index contributed by atoms with van der Waals surface area (Å²) in [6, 6.07) is 9.91. The predicted molar refractivity (Wildman–Crippen MR) is 90.6 cm³/mol. The van der Waals surface area contributed by atoms with Gasteiger partial charge in [-0.1, -0.05) is 42.0 Å². The van der Waals surface area contributed by atoms with Gasteiger partial charge in [0.2, 0.25) is 0 Å². The average molecular weight is 368 g/mol. The molecule has 0 aromatic heterocycles. The van der Waals surface area contributed by atoms with Gasteiger partial charge in [0.15, 0.2) is 0 Å². The molecule has 2 aromatic carbocycles. The highest BCUT2D eigenvalue weighted by molar-refractivity contribution is 9.10. The standard InChI is InChI=1S/C16H15BrFNOS/c1-9(2)12-7-10(17)3-5-14(12)20-15-6-4-11(18)8-13(15)16(19)21/h3-9H,1-2H3,(H2,19,21). The highest BCUT2D eigenvalue weighted by atomic mass is 79.9. The molecule has 0 aliphatic heterocycles. The van der Waals surface area contributed by atoms with E-state index in [0.29, 0.717) is 17.1 Å². The van der Waals surface area contributed by atoms with Crippen molar-refractivity contribution in [3.05, 3.63) is 57.8 Å². The van der Waals surface area contributed by atoms with Crippen LogP contribution in [0.1, 0.15) is 30.9 Å². The van der Waals surface area contributed by atoms with Crippen molar-refractivity contribution < 1.29 is 9.13 Å². The van der Waals surface area contributed by atoms with E-state index in [9.17, 15) is 4.39 Å². The molecule has 5 heteroatoms. The van der Waals surface area contributed by atoms with Crippen LogP contribution in [0.3, 0.4) is 0 Å². The lowest BCUT2D eigenvalue weighted by atomic mass is 10.0. The van der Waals surface area contributed by atoms with E-state index in [1.54, 1.807) is 0 Å². The fourth-order valence-electron chi connectivity index (χ4n) is 1.97. The Kier molecular flexibility index (Phi) is 4.96. The summed E-state index contributed by atoms with van der Waals surface area (Å²) < 4.78 is 20.2. The molecule has 2 N–H and O–H groups in total. The van der Waals surface area contributed by atoms with Crippen LogP contribution in [0.5, 0.6) is 11.5 Å². The predicted octanol–water partition coefficient (Wildman–Crippen LogP) is 5.14. The fraction of sp³-hybridized carbons (Fsp3) is 0.188. The topological polar surface area (TPSA) is 35.2 Å². The summed E-state index contributed by atoms with van der Waals surface area (Å²) in [5.41, 5.74) is 7.07. The van der Waals surface area contributed by atoms with Crippen molar-refractivity contribution in [1.29, 1.82) is 0 Å². The Hall–Kier alpha value is -1.46. The highest BCUT2D eigenvalue weighted by Crippen LogP contribution is 2.34. The molecule has 0 aliphatic rings. The van der Waals surface area contributed by atoms with Crippen LogP contribution in [-0.2, 0) is 0 Å². The van der Waals surface area contributed by atoms with E-state index in [1.807, 2.05) is 18.2 Å². The first kappa shape index (κ1) is 15.9. The second kappa shape index (κ2) is 6.54. The number of thiocarbonyl (C=S) groups is 1. The third kappa shape index (κ3) is 3.80. The molecule has 0 saturated heterocycles. The zero-order chi connectivity index (χ0) is 15.6. The van der Waals surface area contributed by atoms with Gasteiger partial charge in [0.1, 0.15) is 22.3 Å². The van der Waals surface area contributed by atoms with E-state index >= 15 is 0 Å². The van der Waals surface area contributed by atoms with E-state index in [4.69, 9.17) is 22.7 Å². The van der Waals surface area contributed by atoms with Gasteiger partial charge in [0, 0.05) is 4.47 Å². The van der Waals surface area contributed by atoms with Gasteiger partial charge in [-0.15, -0.1) is 0 Å². The van der Waals surface area contributed by atoms with Gasteiger partial charge >= 0.3 is 0 Å². The van der Waals surface area contributed by atoms with Crippen LogP contribution in [0.25, 0.3) is 0 Å². The Morgan fingerprint density at radius 2 is 1.86 bits per heavy atom. The van der Waals surface area contributed by atoms with Crippen molar-refractivity contribution in [2.45, 2.75) is 19.8 Å². The lowest BCUT2D eigenvalue weighted by molar-refractivity contribution is 0.470. The lowest BCUT2D eigenvalue weighted by Crippen LogP contribution is -2.11. The normalized spacial score (nSPS) is 10.7. The van der Waals surface area contributed by atoms with Crippen molar-refractivity contribution >= 4 is 33.1 Å². The van der Waals surface area contributed by atoms with E-state index in [1.165, 1.54) is 18.2 Å². The summed E-state index contributed by atoms with van der Waals surface area (Å²) in [5.74, 6) is 1.04. The second-order valence-electron chi connectivity index (χ2n) is 4.94. The SMILES string of the molecule is CC(C)c1cc(Br)ccc1Oc1ccc(F)cc1C(N)=S. The number of hydrogen-bond donors (Lipinski definition) is 1. The lowest BCUT2D eigenvalue weighted by Gasteiger charge is -2.16. The van der Waals surface area contributed by atoms with Crippen molar-refractivity contribution in [2.75, 3.05) is 0 Å². The Morgan fingerprint density at radius 1 is 1.19 bits per heavy atom. The van der Waals surface area contributed by atoms with Crippen molar-refractivity contribution in [2.24, 2.45) is 5.73 Å². The van der Waals surface area contributed by atoms with Crippen molar-refractivity contribution in [3.63, 3.8) is 0 Å². The van der Waals surface area contributed by atoms with Gasteiger partial charge < -0.3 is 10.5 Å². The first-order valence-electron chi connectivity index (χ1n) is 6.45. The molecule has 2 rings (SSSR count). The molecule has 21 heavy (non-hydrogen) atoms. The minimum Gasteiger partial charge on any atom is -0.456 e. The number of hydrogen-bond acceptors (Lipinski definition) is 2. The summed E-state index contributed by atoms with van der Waals surface area (Å²) in [4.78, 5) is 0.104. The number of nitrogens with two attached hydrogens (primary N) is 1. The summed E-state index contributed by atoms with van der Waals surface area (Å²) in [6.07, 6.45) is 0. The van der Waals surface area contributed by atoms with E-state index in [-0.39, 0.29) is 10.9 Å².